The highest BCUT2D eigenvalue weighted by molar-refractivity contribution is 7.26. The number of rotatable bonds is 4. The highest BCUT2D eigenvalue weighted by Gasteiger charge is 2.23. The van der Waals surface area contributed by atoms with Crippen LogP contribution in [0, 0.1) is 0 Å². The fraction of sp³-hybridized carbons (Fsp3) is 0.308. The molecule has 0 aromatic carbocycles. The molecule has 1 unspecified atom stereocenters. The van der Waals surface area contributed by atoms with Crippen molar-refractivity contribution in [1.29, 1.82) is 0 Å². The summed E-state index contributed by atoms with van der Waals surface area (Å²) in [5.41, 5.74) is 0.721. The molecule has 0 radical (unpaired) electrons. The molecule has 6 heteroatoms. The van der Waals surface area contributed by atoms with Crippen LogP contribution >= 0.6 is 22.7 Å². The highest BCUT2D eigenvalue weighted by Crippen LogP contribution is 2.38. The molecule has 0 saturated carbocycles. The van der Waals surface area contributed by atoms with Gasteiger partial charge < -0.3 is 9.84 Å². The molecule has 19 heavy (non-hydrogen) atoms. The Morgan fingerprint density at radius 2 is 2.32 bits per heavy atom. The van der Waals surface area contributed by atoms with Gasteiger partial charge in [0.2, 0.25) is 0 Å². The van der Waals surface area contributed by atoms with E-state index in [4.69, 9.17) is 4.74 Å². The van der Waals surface area contributed by atoms with E-state index in [2.05, 4.69) is 16.5 Å². The minimum Gasteiger partial charge on any atom is -0.493 e. The van der Waals surface area contributed by atoms with E-state index in [9.17, 15) is 5.11 Å². The maximum Gasteiger partial charge on any atom is 0.163 e. The van der Waals surface area contributed by atoms with Crippen molar-refractivity contribution in [2.24, 2.45) is 0 Å². The largest absolute Gasteiger partial charge is 0.493 e. The molecule has 3 heterocycles. The number of ether oxygens (including phenoxy) is 1. The number of hydrogen-bond donors (Lipinski definition) is 1. The number of fused-ring (bicyclic) bond motifs is 1. The summed E-state index contributed by atoms with van der Waals surface area (Å²) in [6.45, 7) is 2.70. The number of aromatic nitrogens is 2. The predicted molar refractivity (Wildman–Crippen MR) is 78.2 cm³/mol. The van der Waals surface area contributed by atoms with Crippen LogP contribution < -0.4 is 4.74 Å². The Hall–Kier alpha value is -1.37. The Balaban J connectivity index is 2.05. The summed E-state index contributed by atoms with van der Waals surface area (Å²) in [6.07, 6.45) is 0.958. The lowest BCUT2D eigenvalue weighted by molar-refractivity contribution is 0.206. The third-order valence-corrected chi connectivity index (χ3v) is 5.20. The SMILES string of the molecule is CCn1ncc(OC)c1C(O)c1cc2sccc2s1. The van der Waals surface area contributed by atoms with Crippen LogP contribution in [0.15, 0.2) is 23.7 Å². The average molecular weight is 294 g/mol. The monoisotopic (exact) mass is 294 g/mol. The van der Waals surface area contributed by atoms with Crippen LogP contribution in [0.5, 0.6) is 5.75 Å². The zero-order valence-corrected chi connectivity index (χ0v) is 12.3. The summed E-state index contributed by atoms with van der Waals surface area (Å²) in [6, 6.07) is 4.12. The third kappa shape index (κ3) is 2.05. The molecule has 0 spiro atoms. The fourth-order valence-corrected chi connectivity index (χ4v) is 4.23. The lowest BCUT2D eigenvalue weighted by Crippen LogP contribution is -2.09. The maximum absolute atomic E-state index is 10.6. The second kappa shape index (κ2) is 4.96. The molecular weight excluding hydrogens is 280 g/mol. The van der Waals surface area contributed by atoms with Crippen molar-refractivity contribution in [3.05, 3.63) is 34.3 Å². The number of aliphatic hydroxyl groups excluding tert-OH is 1. The Bertz CT molecular complexity index is 648. The molecule has 0 fully saturated rings. The fourth-order valence-electron chi connectivity index (χ4n) is 2.12. The van der Waals surface area contributed by atoms with Gasteiger partial charge in [-0.25, -0.2) is 0 Å². The van der Waals surface area contributed by atoms with Crippen molar-refractivity contribution in [3.63, 3.8) is 0 Å². The first-order chi connectivity index (χ1) is 9.24. The minimum absolute atomic E-state index is 0.631. The molecule has 0 amide bonds. The maximum atomic E-state index is 10.6. The third-order valence-electron chi connectivity index (χ3n) is 3.05. The van der Waals surface area contributed by atoms with E-state index in [1.54, 1.807) is 40.7 Å². The smallest absolute Gasteiger partial charge is 0.163 e. The first-order valence-electron chi connectivity index (χ1n) is 5.99. The minimum atomic E-state index is -0.693. The molecule has 3 aromatic rings. The molecule has 1 N–H and O–H groups in total. The highest BCUT2D eigenvalue weighted by atomic mass is 32.1. The van der Waals surface area contributed by atoms with Crippen LogP contribution in [0.25, 0.3) is 9.40 Å². The van der Waals surface area contributed by atoms with E-state index in [1.807, 2.05) is 13.0 Å². The van der Waals surface area contributed by atoms with Gasteiger partial charge in [0.25, 0.3) is 0 Å². The second-order valence-corrected chi connectivity index (χ2v) is 6.18. The van der Waals surface area contributed by atoms with E-state index in [1.165, 1.54) is 9.40 Å². The molecule has 1 atom stereocenters. The van der Waals surface area contributed by atoms with Crippen LogP contribution in [0.3, 0.4) is 0 Å². The van der Waals surface area contributed by atoms with Gasteiger partial charge in [-0.15, -0.1) is 22.7 Å². The van der Waals surface area contributed by atoms with Gasteiger partial charge in [0.1, 0.15) is 11.8 Å². The van der Waals surface area contributed by atoms with Crippen LogP contribution in [-0.2, 0) is 6.54 Å². The zero-order chi connectivity index (χ0) is 13.4. The number of aryl methyl sites for hydroxylation is 1. The van der Waals surface area contributed by atoms with Crippen LogP contribution in [-0.4, -0.2) is 22.0 Å². The number of hydrogen-bond acceptors (Lipinski definition) is 5. The molecule has 100 valence electrons. The van der Waals surface area contributed by atoms with Gasteiger partial charge in [0.05, 0.1) is 13.3 Å². The van der Waals surface area contributed by atoms with E-state index in [0.717, 1.165) is 10.6 Å². The molecule has 3 aromatic heterocycles. The average Bonchev–Trinajstić information content (AvgIpc) is 3.10. The van der Waals surface area contributed by atoms with Crippen molar-refractivity contribution >= 4 is 32.1 Å². The summed E-state index contributed by atoms with van der Waals surface area (Å²) in [7, 11) is 1.60. The van der Waals surface area contributed by atoms with Gasteiger partial charge in [0.15, 0.2) is 5.75 Å². The van der Waals surface area contributed by atoms with E-state index >= 15 is 0 Å². The van der Waals surface area contributed by atoms with E-state index in [0.29, 0.717) is 12.3 Å². The molecule has 0 aliphatic carbocycles. The molecule has 0 aliphatic rings. The van der Waals surface area contributed by atoms with Crippen LogP contribution in [0.4, 0.5) is 0 Å². The first kappa shape index (κ1) is 12.7. The van der Waals surface area contributed by atoms with E-state index in [-0.39, 0.29) is 0 Å². The Morgan fingerprint density at radius 1 is 1.47 bits per heavy atom. The predicted octanol–water partition coefficient (Wildman–Crippen LogP) is 3.27. The Morgan fingerprint density at radius 3 is 3.00 bits per heavy atom. The standard InChI is InChI=1S/C13H14N2O2S2/c1-3-15-12(8(17-2)7-14-15)13(16)11-6-10-9(19-11)4-5-18-10/h4-7,13,16H,3H2,1-2H3. The summed E-state index contributed by atoms with van der Waals surface area (Å²) in [4.78, 5) is 0.926. The molecule has 0 bridgehead atoms. The van der Waals surface area contributed by atoms with Gasteiger partial charge in [-0.2, -0.15) is 5.10 Å². The first-order valence-corrected chi connectivity index (χ1v) is 7.69. The lowest BCUT2D eigenvalue weighted by atomic mass is 10.2. The zero-order valence-electron chi connectivity index (χ0n) is 10.7. The van der Waals surface area contributed by atoms with Gasteiger partial charge in [-0.3, -0.25) is 4.68 Å². The lowest BCUT2D eigenvalue weighted by Gasteiger charge is -2.12. The summed E-state index contributed by atoms with van der Waals surface area (Å²) < 4.78 is 9.48. The van der Waals surface area contributed by atoms with Crippen LogP contribution in [0.2, 0.25) is 0 Å². The molecule has 0 aliphatic heterocycles. The summed E-state index contributed by atoms with van der Waals surface area (Å²) in [5, 5.41) is 16.9. The number of nitrogens with zero attached hydrogens (tertiary/aromatic N) is 2. The van der Waals surface area contributed by atoms with Crippen molar-refractivity contribution in [2.45, 2.75) is 19.6 Å². The molecule has 4 nitrogen and oxygen atoms in total. The summed E-state index contributed by atoms with van der Waals surface area (Å²) in [5.74, 6) is 0.631. The van der Waals surface area contributed by atoms with Gasteiger partial charge in [0, 0.05) is 20.8 Å². The quantitative estimate of drug-likeness (QED) is 0.803. The van der Waals surface area contributed by atoms with Gasteiger partial charge in [-0.05, 0) is 24.4 Å². The topological polar surface area (TPSA) is 47.3 Å². The van der Waals surface area contributed by atoms with Gasteiger partial charge in [-0.1, -0.05) is 0 Å². The van der Waals surface area contributed by atoms with Gasteiger partial charge >= 0.3 is 0 Å². The van der Waals surface area contributed by atoms with E-state index < -0.39 is 6.10 Å². The Kier molecular flexibility index (Phi) is 3.30. The number of aliphatic hydroxyl groups is 1. The molecule has 3 rings (SSSR count). The number of methoxy groups -OCH3 is 1. The van der Waals surface area contributed by atoms with Crippen molar-refractivity contribution in [3.8, 4) is 5.75 Å². The van der Waals surface area contributed by atoms with Crippen molar-refractivity contribution in [2.75, 3.05) is 7.11 Å². The van der Waals surface area contributed by atoms with Crippen LogP contribution in [0.1, 0.15) is 23.6 Å². The molecule has 0 saturated heterocycles. The van der Waals surface area contributed by atoms with Crippen molar-refractivity contribution < 1.29 is 9.84 Å². The Labute approximate surface area is 118 Å². The number of thiophene rings is 2. The second-order valence-electron chi connectivity index (χ2n) is 4.11. The molecular formula is C13H14N2O2S2. The normalized spacial score (nSPS) is 13.0. The summed E-state index contributed by atoms with van der Waals surface area (Å²) >= 11 is 3.30. The van der Waals surface area contributed by atoms with Crippen molar-refractivity contribution in [1.82, 2.24) is 9.78 Å².